The van der Waals surface area contributed by atoms with Crippen LogP contribution in [0.4, 0.5) is 0 Å². The summed E-state index contributed by atoms with van der Waals surface area (Å²) in [6.45, 7) is 5.23. The quantitative estimate of drug-likeness (QED) is 0.707. The van der Waals surface area contributed by atoms with Gasteiger partial charge in [0.15, 0.2) is 11.5 Å². The van der Waals surface area contributed by atoms with Crippen molar-refractivity contribution in [2.75, 3.05) is 19.8 Å². The summed E-state index contributed by atoms with van der Waals surface area (Å²) in [4.78, 5) is 23.4. The highest BCUT2D eigenvalue weighted by molar-refractivity contribution is 6.03. The Morgan fingerprint density at radius 2 is 1.88 bits per heavy atom. The second-order valence-electron chi connectivity index (χ2n) is 5.49. The Balaban J connectivity index is 2.01. The molecule has 2 N–H and O–H groups in total. The number of carboxylic acid groups (broad SMARTS) is 1. The lowest BCUT2D eigenvalue weighted by Crippen LogP contribution is -2.29. The molecular formula is C18H23N3O5. The number of ether oxygens (including phenoxy) is 2. The topological polar surface area (TPSA) is 103 Å². The van der Waals surface area contributed by atoms with Gasteiger partial charge in [0.05, 0.1) is 19.4 Å². The minimum atomic E-state index is -1.18. The Morgan fingerprint density at radius 1 is 1.19 bits per heavy atom. The van der Waals surface area contributed by atoms with E-state index in [1.807, 2.05) is 32.0 Å². The molecule has 0 saturated carbocycles. The number of carboxylic acids is 1. The highest BCUT2D eigenvalue weighted by Gasteiger charge is 2.21. The van der Waals surface area contributed by atoms with Crippen LogP contribution in [-0.2, 0) is 13.5 Å². The molecule has 1 heterocycles. The maximum atomic E-state index is 12.3. The van der Waals surface area contributed by atoms with Crippen molar-refractivity contribution < 1.29 is 24.2 Å². The number of carbonyl (C=O) groups is 2. The molecule has 0 radical (unpaired) electrons. The summed E-state index contributed by atoms with van der Waals surface area (Å²) < 4.78 is 12.4. The lowest BCUT2D eigenvalue weighted by molar-refractivity contribution is 0.0690. The molecule has 1 aromatic carbocycles. The van der Waals surface area contributed by atoms with Crippen molar-refractivity contribution in [1.29, 1.82) is 0 Å². The number of hydrogen-bond acceptors (Lipinski definition) is 5. The van der Waals surface area contributed by atoms with Gasteiger partial charge in [-0.2, -0.15) is 5.10 Å². The Labute approximate surface area is 151 Å². The van der Waals surface area contributed by atoms with Crippen molar-refractivity contribution in [1.82, 2.24) is 15.1 Å². The molecule has 0 aliphatic carbocycles. The van der Waals surface area contributed by atoms with E-state index in [2.05, 4.69) is 10.4 Å². The molecule has 26 heavy (non-hydrogen) atoms. The van der Waals surface area contributed by atoms with Crippen LogP contribution in [0.2, 0.25) is 0 Å². The van der Waals surface area contributed by atoms with Gasteiger partial charge in [-0.05, 0) is 38.0 Å². The smallest absolute Gasteiger partial charge is 0.339 e. The Morgan fingerprint density at radius 3 is 2.54 bits per heavy atom. The number of nitrogens with one attached hydrogen (secondary N) is 1. The number of nitrogens with zero attached hydrogens (tertiary/aromatic N) is 2. The molecule has 8 nitrogen and oxygen atoms in total. The standard InChI is InChI=1S/C18H23N3O5/c1-4-25-14-7-6-12(10-15(14)26-5-2)8-9-19-17(22)16-13(18(23)24)11-20-21(16)3/h6-7,10-11H,4-5,8-9H2,1-3H3,(H,19,22)(H,23,24). The van der Waals surface area contributed by atoms with Crippen LogP contribution in [0.15, 0.2) is 24.4 Å². The van der Waals surface area contributed by atoms with Crippen LogP contribution in [0.5, 0.6) is 11.5 Å². The van der Waals surface area contributed by atoms with E-state index in [0.717, 1.165) is 11.8 Å². The zero-order valence-corrected chi connectivity index (χ0v) is 15.1. The van der Waals surface area contributed by atoms with Gasteiger partial charge in [0.2, 0.25) is 0 Å². The molecule has 2 rings (SSSR count). The highest BCUT2D eigenvalue weighted by Crippen LogP contribution is 2.28. The maximum Gasteiger partial charge on any atom is 0.339 e. The summed E-state index contributed by atoms with van der Waals surface area (Å²) in [5.41, 5.74) is 0.879. The maximum absolute atomic E-state index is 12.3. The first-order valence-corrected chi connectivity index (χ1v) is 8.39. The first-order chi connectivity index (χ1) is 12.5. The van der Waals surface area contributed by atoms with Crippen molar-refractivity contribution in [2.45, 2.75) is 20.3 Å². The van der Waals surface area contributed by atoms with Gasteiger partial charge in [-0.1, -0.05) is 6.07 Å². The molecule has 8 heteroatoms. The van der Waals surface area contributed by atoms with Crippen LogP contribution in [0.3, 0.4) is 0 Å². The fourth-order valence-electron chi connectivity index (χ4n) is 2.52. The van der Waals surface area contributed by atoms with Crippen molar-refractivity contribution in [3.8, 4) is 11.5 Å². The number of aromatic carboxylic acids is 1. The van der Waals surface area contributed by atoms with Crippen molar-refractivity contribution in [3.05, 3.63) is 41.2 Å². The predicted octanol–water partition coefficient (Wildman–Crippen LogP) is 1.89. The zero-order chi connectivity index (χ0) is 19.1. The van der Waals surface area contributed by atoms with E-state index < -0.39 is 11.9 Å². The number of amides is 1. The summed E-state index contributed by atoms with van der Waals surface area (Å²) in [6, 6.07) is 5.63. The van der Waals surface area contributed by atoms with Crippen LogP contribution in [0.25, 0.3) is 0 Å². The fraction of sp³-hybridized carbons (Fsp3) is 0.389. The number of hydrogen-bond donors (Lipinski definition) is 2. The third-order valence-corrected chi connectivity index (χ3v) is 3.69. The van der Waals surface area contributed by atoms with E-state index in [9.17, 15) is 9.59 Å². The van der Waals surface area contributed by atoms with E-state index >= 15 is 0 Å². The number of aryl methyl sites for hydroxylation is 1. The first-order valence-electron chi connectivity index (χ1n) is 8.39. The molecule has 0 saturated heterocycles. The summed E-state index contributed by atoms with van der Waals surface area (Å²) in [6.07, 6.45) is 1.73. The highest BCUT2D eigenvalue weighted by atomic mass is 16.5. The van der Waals surface area contributed by atoms with Gasteiger partial charge < -0.3 is 19.9 Å². The van der Waals surface area contributed by atoms with E-state index in [1.165, 1.54) is 11.7 Å². The number of carbonyl (C=O) groups excluding carboxylic acids is 1. The summed E-state index contributed by atoms with van der Waals surface area (Å²) in [5, 5.41) is 15.7. The minimum Gasteiger partial charge on any atom is -0.490 e. The van der Waals surface area contributed by atoms with Gasteiger partial charge in [-0.3, -0.25) is 9.48 Å². The second kappa shape index (κ2) is 8.89. The monoisotopic (exact) mass is 361 g/mol. The molecule has 0 atom stereocenters. The van der Waals surface area contributed by atoms with Gasteiger partial charge in [-0.25, -0.2) is 4.79 Å². The van der Waals surface area contributed by atoms with Crippen LogP contribution in [-0.4, -0.2) is 46.5 Å². The predicted molar refractivity (Wildman–Crippen MR) is 95.0 cm³/mol. The molecule has 0 spiro atoms. The molecular weight excluding hydrogens is 338 g/mol. The third kappa shape index (κ3) is 4.53. The van der Waals surface area contributed by atoms with Gasteiger partial charge in [0.25, 0.3) is 5.91 Å². The molecule has 0 aliphatic rings. The van der Waals surface area contributed by atoms with E-state index in [0.29, 0.717) is 37.7 Å². The lowest BCUT2D eigenvalue weighted by atomic mass is 10.1. The largest absolute Gasteiger partial charge is 0.490 e. The van der Waals surface area contributed by atoms with Crippen molar-refractivity contribution >= 4 is 11.9 Å². The van der Waals surface area contributed by atoms with Crippen LogP contribution in [0.1, 0.15) is 40.3 Å². The van der Waals surface area contributed by atoms with Gasteiger partial charge in [0.1, 0.15) is 11.3 Å². The second-order valence-corrected chi connectivity index (χ2v) is 5.49. The molecule has 0 aliphatic heterocycles. The molecule has 0 unspecified atom stereocenters. The molecule has 2 aromatic rings. The molecule has 0 bridgehead atoms. The summed E-state index contributed by atoms with van der Waals surface area (Å²) in [7, 11) is 1.53. The van der Waals surface area contributed by atoms with E-state index in [4.69, 9.17) is 14.6 Å². The lowest BCUT2D eigenvalue weighted by Gasteiger charge is -2.12. The Kier molecular flexibility index (Phi) is 6.60. The average molecular weight is 361 g/mol. The molecule has 140 valence electrons. The third-order valence-electron chi connectivity index (χ3n) is 3.69. The average Bonchev–Trinajstić information content (AvgIpc) is 2.99. The first kappa shape index (κ1) is 19.3. The van der Waals surface area contributed by atoms with Crippen molar-refractivity contribution in [3.63, 3.8) is 0 Å². The van der Waals surface area contributed by atoms with Crippen LogP contribution < -0.4 is 14.8 Å². The number of rotatable bonds is 9. The minimum absolute atomic E-state index is 0.0270. The Bertz CT molecular complexity index is 785. The van der Waals surface area contributed by atoms with Gasteiger partial charge >= 0.3 is 5.97 Å². The SMILES string of the molecule is CCOc1ccc(CCNC(=O)c2c(C(=O)O)cnn2C)cc1OCC. The number of aromatic nitrogens is 2. The molecule has 1 amide bonds. The van der Waals surface area contributed by atoms with Crippen LogP contribution >= 0.6 is 0 Å². The zero-order valence-electron chi connectivity index (χ0n) is 15.1. The number of benzene rings is 1. The van der Waals surface area contributed by atoms with Crippen molar-refractivity contribution in [2.24, 2.45) is 7.05 Å². The molecule has 0 fully saturated rings. The van der Waals surface area contributed by atoms with Crippen LogP contribution in [0, 0.1) is 0 Å². The van der Waals surface area contributed by atoms with Gasteiger partial charge in [-0.15, -0.1) is 0 Å². The summed E-state index contributed by atoms with van der Waals surface area (Å²) >= 11 is 0. The summed E-state index contributed by atoms with van der Waals surface area (Å²) in [5.74, 6) is -0.310. The fourth-order valence-corrected chi connectivity index (χ4v) is 2.52. The van der Waals surface area contributed by atoms with E-state index in [1.54, 1.807) is 0 Å². The Hall–Kier alpha value is -3.03. The van der Waals surface area contributed by atoms with E-state index in [-0.39, 0.29) is 11.3 Å². The molecule has 1 aromatic heterocycles. The van der Waals surface area contributed by atoms with Gasteiger partial charge in [0, 0.05) is 13.6 Å². The normalized spacial score (nSPS) is 10.4.